The van der Waals surface area contributed by atoms with Crippen LogP contribution in [0.1, 0.15) is 44.6 Å². The lowest BCUT2D eigenvalue weighted by Gasteiger charge is -2.33. The summed E-state index contributed by atoms with van der Waals surface area (Å²) < 4.78 is 0. The van der Waals surface area contributed by atoms with Crippen molar-refractivity contribution in [3.63, 3.8) is 0 Å². The molecule has 0 spiro atoms. The maximum atomic E-state index is 6.23. The van der Waals surface area contributed by atoms with Crippen molar-refractivity contribution in [3.05, 3.63) is 17.0 Å². The molecule has 2 aliphatic rings. The van der Waals surface area contributed by atoms with Crippen LogP contribution >= 0.6 is 11.6 Å². The number of hydrogen-bond donors (Lipinski definition) is 1. The molecule has 2 fully saturated rings. The van der Waals surface area contributed by atoms with E-state index in [0.717, 1.165) is 24.2 Å². The van der Waals surface area contributed by atoms with Gasteiger partial charge in [0.2, 0.25) is 0 Å². The van der Waals surface area contributed by atoms with E-state index in [0.29, 0.717) is 17.2 Å². The fourth-order valence-corrected chi connectivity index (χ4v) is 3.81. The number of hydrogen-bond acceptors (Lipinski definition) is 4. The number of nitrogens with zero attached hydrogens (tertiary/aromatic N) is 3. The van der Waals surface area contributed by atoms with Crippen molar-refractivity contribution in [1.82, 2.24) is 14.9 Å². The van der Waals surface area contributed by atoms with Crippen LogP contribution in [0, 0.1) is 0 Å². The average Bonchev–Trinajstić information content (AvgIpc) is 2.86. The molecule has 0 bridgehead atoms. The molecule has 3 heterocycles. The summed E-state index contributed by atoms with van der Waals surface area (Å²) in [4.78, 5) is 11.2. The normalized spacial score (nSPS) is 26.5. The molecule has 2 unspecified atom stereocenters. The predicted octanol–water partition coefficient (Wildman–Crippen LogP) is 3.12. The Morgan fingerprint density at radius 2 is 2.20 bits per heavy atom. The first kappa shape index (κ1) is 14.1. The van der Waals surface area contributed by atoms with E-state index in [1.807, 2.05) is 0 Å². The Hall–Kier alpha value is -0.870. The minimum Gasteiger partial charge on any atom is -0.365 e. The number of fused-ring (bicyclic) bond motifs is 1. The third-order valence-electron chi connectivity index (χ3n) is 4.57. The molecule has 5 heteroatoms. The lowest BCUT2D eigenvalue weighted by Crippen LogP contribution is -2.42. The fourth-order valence-electron chi connectivity index (χ4n) is 3.58. The highest BCUT2D eigenvalue weighted by Crippen LogP contribution is 2.30. The number of anilines is 1. The summed E-state index contributed by atoms with van der Waals surface area (Å²) >= 11 is 6.23. The zero-order valence-corrected chi connectivity index (χ0v) is 12.9. The summed E-state index contributed by atoms with van der Waals surface area (Å²) in [5, 5.41) is 4.26. The minimum atomic E-state index is 0.511. The molecule has 4 nitrogen and oxygen atoms in total. The number of aromatic nitrogens is 2. The van der Waals surface area contributed by atoms with Gasteiger partial charge in [-0.2, -0.15) is 0 Å². The number of nitrogens with one attached hydrogen (secondary N) is 1. The second kappa shape index (κ2) is 6.27. The Morgan fingerprint density at radius 3 is 3.05 bits per heavy atom. The zero-order valence-electron chi connectivity index (χ0n) is 12.1. The van der Waals surface area contributed by atoms with Gasteiger partial charge in [0.1, 0.15) is 17.3 Å². The molecule has 1 aromatic rings. The van der Waals surface area contributed by atoms with Crippen molar-refractivity contribution in [2.45, 2.75) is 57.5 Å². The van der Waals surface area contributed by atoms with E-state index < -0.39 is 0 Å². The highest BCUT2D eigenvalue weighted by atomic mass is 35.5. The minimum absolute atomic E-state index is 0.511. The lowest BCUT2D eigenvalue weighted by atomic mass is 9.99. The van der Waals surface area contributed by atoms with Gasteiger partial charge in [-0.05, 0) is 32.2 Å². The molecule has 0 radical (unpaired) electrons. The monoisotopic (exact) mass is 294 g/mol. The average molecular weight is 295 g/mol. The van der Waals surface area contributed by atoms with Crippen LogP contribution in [0.4, 0.5) is 5.82 Å². The highest BCUT2D eigenvalue weighted by molar-refractivity contribution is 6.30. The Kier molecular flexibility index (Phi) is 4.41. The molecule has 3 rings (SSSR count). The van der Waals surface area contributed by atoms with E-state index in [2.05, 4.69) is 27.1 Å². The van der Waals surface area contributed by atoms with Gasteiger partial charge in [-0.15, -0.1) is 0 Å². The van der Waals surface area contributed by atoms with E-state index in [1.54, 1.807) is 6.33 Å². The predicted molar refractivity (Wildman–Crippen MR) is 82.3 cm³/mol. The third-order valence-corrected chi connectivity index (χ3v) is 4.90. The van der Waals surface area contributed by atoms with Crippen molar-refractivity contribution >= 4 is 17.4 Å². The van der Waals surface area contributed by atoms with E-state index in [-0.39, 0.29) is 0 Å². The summed E-state index contributed by atoms with van der Waals surface area (Å²) in [5.41, 5.74) is 1.07. The molecule has 2 atom stereocenters. The molecular formula is C15H23ClN4. The summed E-state index contributed by atoms with van der Waals surface area (Å²) in [5.74, 6) is 0.948. The molecular weight excluding hydrogens is 272 g/mol. The topological polar surface area (TPSA) is 41.1 Å². The van der Waals surface area contributed by atoms with E-state index in [9.17, 15) is 0 Å². The summed E-state index contributed by atoms with van der Waals surface area (Å²) in [6.45, 7) is 4.63. The smallest absolute Gasteiger partial charge is 0.137 e. The van der Waals surface area contributed by atoms with Crippen LogP contribution in [0.2, 0.25) is 5.15 Å². The van der Waals surface area contributed by atoms with Crippen LogP contribution in [0.25, 0.3) is 0 Å². The van der Waals surface area contributed by atoms with Crippen molar-refractivity contribution in [1.29, 1.82) is 0 Å². The van der Waals surface area contributed by atoms with Crippen molar-refractivity contribution in [3.8, 4) is 0 Å². The van der Waals surface area contributed by atoms with Gasteiger partial charge in [0.15, 0.2) is 0 Å². The van der Waals surface area contributed by atoms with Gasteiger partial charge >= 0.3 is 0 Å². The van der Waals surface area contributed by atoms with Gasteiger partial charge in [-0.3, -0.25) is 4.90 Å². The largest absolute Gasteiger partial charge is 0.365 e. The first-order chi connectivity index (χ1) is 9.79. The molecule has 0 aromatic carbocycles. The Morgan fingerprint density at radius 1 is 1.30 bits per heavy atom. The number of piperidine rings is 1. The molecule has 0 amide bonds. The number of rotatable bonds is 4. The molecule has 1 N–H and O–H groups in total. The second-order valence-corrected chi connectivity index (χ2v) is 6.24. The third kappa shape index (κ3) is 2.77. The quantitative estimate of drug-likeness (QED) is 0.866. The fraction of sp³-hybridized carbons (Fsp3) is 0.733. The molecule has 0 aliphatic carbocycles. The first-order valence-electron chi connectivity index (χ1n) is 7.79. The van der Waals surface area contributed by atoms with Crippen molar-refractivity contribution in [2.24, 2.45) is 0 Å². The van der Waals surface area contributed by atoms with Gasteiger partial charge in [0.05, 0.1) is 0 Å². The molecule has 2 aliphatic heterocycles. The molecule has 0 saturated carbocycles. The van der Waals surface area contributed by atoms with Crippen LogP contribution in [-0.4, -0.2) is 40.0 Å². The lowest BCUT2D eigenvalue weighted by molar-refractivity contribution is 0.192. The molecule has 2 saturated heterocycles. The Labute approximate surface area is 125 Å². The van der Waals surface area contributed by atoms with Crippen LogP contribution in [0.3, 0.4) is 0 Å². The maximum absolute atomic E-state index is 6.23. The molecule has 1 aromatic heterocycles. The van der Waals surface area contributed by atoms with Gasteiger partial charge in [-0.1, -0.05) is 31.4 Å². The maximum Gasteiger partial charge on any atom is 0.137 e. The van der Waals surface area contributed by atoms with Gasteiger partial charge < -0.3 is 5.32 Å². The van der Waals surface area contributed by atoms with Gasteiger partial charge in [0.25, 0.3) is 0 Å². The van der Waals surface area contributed by atoms with E-state index in [1.165, 1.54) is 38.8 Å². The van der Waals surface area contributed by atoms with Crippen LogP contribution in [-0.2, 0) is 6.42 Å². The van der Waals surface area contributed by atoms with Crippen LogP contribution in [0.5, 0.6) is 0 Å². The summed E-state index contributed by atoms with van der Waals surface area (Å²) in [6.07, 6.45) is 8.77. The SMILES string of the molecule is CCCc1c(Cl)ncnc1NC1CCN2CCCCC12. The standard InChI is InChI=1S/C15H23ClN4/c1-2-5-11-14(16)17-10-18-15(11)19-12-7-9-20-8-4-3-6-13(12)20/h10,12-13H,2-9H2,1H3,(H,17,18,19). The molecule has 110 valence electrons. The number of halogens is 1. The Balaban J connectivity index is 1.76. The van der Waals surface area contributed by atoms with Gasteiger partial charge in [0, 0.05) is 24.2 Å². The van der Waals surface area contributed by atoms with Gasteiger partial charge in [-0.25, -0.2) is 9.97 Å². The van der Waals surface area contributed by atoms with Crippen molar-refractivity contribution < 1.29 is 0 Å². The second-order valence-electron chi connectivity index (χ2n) is 5.88. The summed E-state index contributed by atoms with van der Waals surface area (Å²) in [6, 6.07) is 1.18. The zero-order chi connectivity index (χ0) is 13.9. The van der Waals surface area contributed by atoms with E-state index in [4.69, 9.17) is 11.6 Å². The first-order valence-corrected chi connectivity index (χ1v) is 8.17. The highest BCUT2D eigenvalue weighted by Gasteiger charge is 2.35. The van der Waals surface area contributed by atoms with Crippen LogP contribution in [0.15, 0.2) is 6.33 Å². The summed E-state index contributed by atoms with van der Waals surface area (Å²) in [7, 11) is 0. The van der Waals surface area contributed by atoms with Crippen molar-refractivity contribution in [2.75, 3.05) is 18.4 Å². The molecule has 20 heavy (non-hydrogen) atoms. The van der Waals surface area contributed by atoms with E-state index >= 15 is 0 Å². The van der Waals surface area contributed by atoms with Crippen LogP contribution < -0.4 is 5.32 Å². The Bertz CT molecular complexity index is 465.